The molecule has 0 radical (unpaired) electrons. The highest BCUT2D eigenvalue weighted by Gasteiger charge is 2.32. The number of amides is 2. The summed E-state index contributed by atoms with van der Waals surface area (Å²) in [5, 5.41) is 0.514. The first-order valence-corrected chi connectivity index (χ1v) is 11.8. The first-order chi connectivity index (χ1) is 16.2. The molecule has 1 aliphatic heterocycles. The summed E-state index contributed by atoms with van der Waals surface area (Å²) in [5.41, 5.74) is 2.93. The van der Waals surface area contributed by atoms with Crippen LogP contribution >= 0.6 is 0 Å². The van der Waals surface area contributed by atoms with Crippen LogP contribution in [0.15, 0.2) is 71.8 Å². The van der Waals surface area contributed by atoms with Crippen molar-refractivity contribution in [3.63, 3.8) is 0 Å². The molecule has 3 aromatic rings. The van der Waals surface area contributed by atoms with E-state index in [1.54, 1.807) is 42.5 Å². The number of hydroxylamine groups is 2. The molecule has 10 heteroatoms. The Kier molecular flexibility index (Phi) is 6.42. The van der Waals surface area contributed by atoms with Crippen molar-refractivity contribution in [1.82, 2.24) is 10.0 Å². The molecule has 2 heterocycles. The number of carbonyl (C=O) groups is 3. The van der Waals surface area contributed by atoms with Crippen molar-refractivity contribution in [3.05, 3.63) is 78.0 Å². The Labute approximate surface area is 196 Å². The minimum atomic E-state index is -4.03. The van der Waals surface area contributed by atoms with Crippen LogP contribution in [0.5, 0.6) is 5.88 Å². The van der Waals surface area contributed by atoms with Crippen molar-refractivity contribution < 1.29 is 31.8 Å². The number of rotatable bonds is 7. The molecule has 2 amide bonds. The fraction of sp³-hybridized carbons (Fsp3) is 0.167. The summed E-state index contributed by atoms with van der Waals surface area (Å²) in [5.74, 6) is -1.87. The van der Waals surface area contributed by atoms with Crippen LogP contribution in [0.25, 0.3) is 11.1 Å². The van der Waals surface area contributed by atoms with Crippen LogP contribution in [-0.4, -0.2) is 36.2 Å². The molecular formula is C24H20N2O7S. The molecule has 0 N–H and O–H groups in total. The van der Waals surface area contributed by atoms with Gasteiger partial charge in [-0.25, -0.2) is 9.78 Å². The van der Waals surface area contributed by atoms with Crippen molar-refractivity contribution >= 4 is 27.9 Å². The Hall–Kier alpha value is -4.05. The van der Waals surface area contributed by atoms with E-state index in [2.05, 4.69) is 4.98 Å². The first-order valence-electron chi connectivity index (χ1n) is 10.3. The third-order valence-electron chi connectivity index (χ3n) is 5.07. The molecule has 34 heavy (non-hydrogen) atoms. The van der Waals surface area contributed by atoms with Crippen molar-refractivity contribution in [3.8, 4) is 17.0 Å². The fourth-order valence-corrected chi connectivity index (χ4v) is 4.16. The summed E-state index contributed by atoms with van der Waals surface area (Å²) in [4.78, 5) is 44.1. The molecule has 1 fully saturated rings. The van der Waals surface area contributed by atoms with Crippen LogP contribution in [0.2, 0.25) is 0 Å². The standard InChI is InChI=1S/C24H20N2O7S/c1-16-2-8-20(9-3-16)34(30,31)33-21-15-19(12-13-25-21)18-6-4-17(5-7-18)14-24(29)32-26-22(27)10-11-23(26)28/h2-9,12-13,15H,10-11,14H2,1H3. The number of aromatic nitrogens is 1. The van der Waals surface area contributed by atoms with E-state index in [9.17, 15) is 22.8 Å². The van der Waals surface area contributed by atoms with E-state index in [0.29, 0.717) is 16.2 Å². The summed E-state index contributed by atoms with van der Waals surface area (Å²) in [6.07, 6.45) is 1.37. The highest BCUT2D eigenvalue weighted by atomic mass is 32.2. The topological polar surface area (TPSA) is 120 Å². The van der Waals surface area contributed by atoms with Crippen molar-refractivity contribution in [1.29, 1.82) is 0 Å². The Bertz CT molecular complexity index is 1330. The van der Waals surface area contributed by atoms with Gasteiger partial charge in [0.1, 0.15) is 4.90 Å². The number of pyridine rings is 1. The van der Waals surface area contributed by atoms with Crippen LogP contribution in [0.1, 0.15) is 24.0 Å². The largest absolute Gasteiger partial charge is 0.358 e. The molecule has 0 aliphatic carbocycles. The number of aryl methyl sites for hydroxylation is 1. The monoisotopic (exact) mass is 480 g/mol. The second-order valence-corrected chi connectivity index (χ2v) is 9.20. The van der Waals surface area contributed by atoms with Crippen LogP contribution < -0.4 is 4.18 Å². The van der Waals surface area contributed by atoms with Gasteiger partial charge in [0.25, 0.3) is 11.8 Å². The van der Waals surface area contributed by atoms with Gasteiger partial charge < -0.3 is 9.02 Å². The van der Waals surface area contributed by atoms with Gasteiger partial charge in [0.05, 0.1) is 6.42 Å². The number of imide groups is 1. The SMILES string of the molecule is Cc1ccc(S(=O)(=O)Oc2cc(-c3ccc(CC(=O)ON4C(=O)CCC4=O)cc3)ccn2)cc1. The van der Waals surface area contributed by atoms with E-state index in [-0.39, 0.29) is 30.0 Å². The van der Waals surface area contributed by atoms with Gasteiger partial charge in [-0.05, 0) is 41.8 Å². The number of nitrogens with zero attached hydrogens (tertiary/aromatic N) is 2. The lowest BCUT2D eigenvalue weighted by Gasteiger charge is -2.12. The quantitative estimate of drug-likeness (QED) is 0.374. The lowest BCUT2D eigenvalue weighted by Crippen LogP contribution is -2.32. The molecule has 0 bridgehead atoms. The molecule has 1 saturated heterocycles. The maximum Gasteiger partial charge on any atom is 0.340 e. The highest BCUT2D eigenvalue weighted by Crippen LogP contribution is 2.25. The Morgan fingerprint density at radius 1 is 0.941 bits per heavy atom. The zero-order valence-corrected chi connectivity index (χ0v) is 18.9. The van der Waals surface area contributed by atoms with E-state index < -0.39 is 27.9 Å². The normalized spacial score (nSPS) is 13.7. The molecule has 0 saturated carbocycles. The number of hydrogen-bond acceptors (Lipinski definition) is 8. The summed E-state index contributed by atoms with van der Waals surface area (Å²) >= 11 is 0. The predicted octanol–water partition coefficient (Wildman–Crippen LogP) is 2.97. The lowest BCUT2D eigenvalue weighted by atomic mass is 10.0. The molecule has 1 aliphatic rings. The van der Waals surface area contributed by atoms with Crippen LogP contribution in [-0.2, 0) is 35.8 Å². The third-order valence-corrected chi connectivity index (χ3v) is 6.31. The highest BCUT2D eigenvalue weighted by molar-refractivity contribution is 7.87. The minimum absolute atomic E-state index is 0.0267. The van der Waals surface area contributed by atoms with E-state index in [1.807, 2.05) is 6.92 Å². The van der Waals surface area contributed by atoms with Gasteiger partial charge in [-0.3, -0.25) is 9.59 Å². The second-order valence-electron chi connectivity index (χ2n) is 7.65. The molecule has 4 rings (SSSR count). The smallest absolute Gasteiger partial charge is 0.340 e. The van der Waals surface area contributed by atoms with Crippen LogP contribution in [0, 0.1) is 6.92 Å². The summed E-state index contributed by atoms with van der Waals surface area (Å²) in [6.45, 7) is 1.85. The number of benzene rings is 2. The van der Waals surface area contributed by atoms with Gasteiger partial charge in [0.15, 0.2) is 0 Å². The average Bonchev–Trinajstić information content (AvgIpc) is 3.12. The lowest BCUT2D eigenvalue weighted by molar-refractivity contribution is -0.197. The van der Waals surface area contributed by atoms with Gasteiger partial charge in [-0.15, -0.1) is 5.06 Å². The predicted molar refractivity (Wildman–Crippen MR) is 120 cm³/mol. The molecule has 9 nitrogen and oxygen atoms in total. The molecule has 0 unspecified atom stereocenters. The molecular weight excluding hydrogens is 460 g/mol. The van der Waals surface area contributed by atoms with Gasteiger partial charge in [0.2, 0.25) is 5.88 Å². The van der Waals surface area contributed by atoms with Crippen LogP contribution in [0.3, 0.4) is 0 Å². The Balaban J connectivity index is 1.43. The fourth-order valence-electron chi connectivity index (χ4n) is 3.27. The molecule has 0 atom stereocenters. The maximum atomic E-state index is 12.5. The summed E-state index contributed by atoms with van der Waals surface area (Å²) in [7, 11) is -4.03. The second kappa shape index (κ2) is 9.44. The van der Waals surface area contributed by atoms with Gasteiger partial charge in [-0.1, -0.05) is 42.0 Å². The third kappa shape index (κ3) is 5.29. The molecule has 1 aromatic heterocycles. The van der Waals surface area contributed by atoms with Gasteiger partial charge in [-0.2, -0.15) is 8.42 Å². The molecule has 2 aromatic carbocycles. The van der Waals surface area contributed by atoms with Crippen molar-refractivity contribution in [2.75, 3.05) is 0 Å². The van der Waals surface area contributed by atoms with Crippen molar-refractivity contribution in [2.45, 2.75) is 31.1 Å². The molecule has 174 valence electrons. The van der Waals surface area contributed by atoms with E-state index in [0.717, 1.165) is 11.1 Å². The summed E-state index contributed by atoms with van der Waals surface area (Å²) in [6, 6.07) is 16.3. The van der Waals surface area contributed by atoms with E-state index >= 15 is 0 Å². The van der Waals surface area contributed by atoms with E-state index in [4.69, 9.17) is 9.02 Å². The average molecular weight is 480 g/mol. The van der Waals surface area contributed by atoms with E-state index in [1.165, 1.54) is 24.4 Å². The summed E-state index contributed by atoms with van der Waals surface area (Å²) < 4.78 is 30.2. The van der Waals surface area contributed by atoms with Crippen molar-refractivity contribution in [2.24, 2.45) is 0 Å². The first kappa shape index (κ1) is 23.1. The zero-order valence-electron chi connectivity index (χ0n) is 18.1. The van der Waals surface area contributed by atoms with Crippen LogP contribution in [0.4, 0.5) is 0 Å². The van der Waals surface area contributed by atoms with Gasteiger partial charge >= 0.3 is 16.1 Å². The maximum absolute atomic E-state index is 12.5. The minimum Gasteiger partial charge on any atom is -0.358 e. The Morgan fingerprint density at radius 3 is 2.24 bits per heavy atom. The Morgan fingerprint density at radius 2 is 1.59 bits per heavy atom. The van der Waals surface area contributed by atoms with Gasteiger partial charge in [0, 0.05) is 25.1 Å². The zero-order chi connectivity index (χ0) is 24.3. The number of carbonyl (C=O) groups excluding carboxylic acids is 3. The molecule has 0 spiro atoms. The number of hydrogen-bond donors (Lipinski definition) is 0.